The number of unbranched alkanes of at least 4 members (excludes halogenated alkanes) is 2. The molecule has 3 N–H and O–H groups in total. The first-order valence-corrected chi connectivity index (χ1v) is 9.50. The van der Waals surface area contributed by atoms with Gasteiger partial charge >= 0.3 is 0 Å². The average Bonchev–Trinajstić information content (AvgIpc) is 2.56. The molecule has 0 aliphatic heterocycles. The summed E-state index contributed by atoms with van der Waals surface area (Å²) in [7, 11) is -0.600. The van der Waals surface area contributed by atoms with Crippen molar-refractivity contribution in [3.63, 3.8) is 0 Å². The molecule has 0 atom stereocenters. The van der Waals surface area contributed by atoms with Crippen molar-refractivity contribution in [1.82, 2.24) is 20.5 Å². The summed E-state index contributed by atoms with van der Waals surface area (Å²) >= 11 is 5.05. The van der Waals surface area contributed by atoms with E-state index in [0.29, 0.717) is 10.7 Å². The lowest BCUT2D eigenvalue weighted by atomic mass is 10.2. The molecule has 1 rings (SSSR count). The van der Waals surface area contributed by atoms with Crippen LogP contribution in [0.25, 0.3) is 0 Å². The second-order valence-corrected chi connectivity index (χ2v) is 7.91. The fourth-order valence-corrected chi connectivity index (χ4v) is 2.85. The Hall–Kier alpha value is -1.71. The molecule has 0 saturated carbocycles. The second kappa shape index (κ2) is 9.55. The van der Waals surface area contributed by atoms with Gasteiger partial charge in [0.2, 0.25) is 10.0 Å². The number of sulfonamides is 1. The SMILES string of the molecule is CCCCCNC(=S)NNC(=O)c1ccc(S(=O)(=O)N(C)C)cc1. The van der Waals surface area contributed by atoms with Crippen LogP contribution in [-0.4, -0.2) is 44.4 Å². The molecule has 0 spiro atoms. The molecule has 0 unspecified atom stereocenters. The van der Waals surface area contributed by atoms with Gasteiger partial charge in [-0.05, 0) is 42.9 Å². The number of hydrogen-bond acceptors (Lipinski definition) is 4. The highest BCUT2D eigenvalue weighted by atomic mass is 32.2. The summed E-state index contributed by atoms with van der Waals surface area (Å²) in [5.41, 5.74) is 5.41. The second-order valence-electron chi connectivity index (χ2n) is 5.35. The summed E-state index contributed by atoms with van der Waals surface area (Å²) in [4.78, 5) is 12.1. The van der Waals surface area contributed by atoms with Crippen molar-refractivity contribution in [2.45, 2.75) is 31.1 Å². The molecule has 9 heteroatoms. The van der Waals surface area contributed by atoms with Crippen LogP contribution in [0.15, 0.2) is 29.2 Å². The molecular weight excluding hydrogens is 348 g/mol. The van der Waals surface area contributed by atoms with E-state index in [1.807, 2.05) is 0 Å². The van der Waals surface area contributed by atoms with Crippen molar-refractivity contribution < 1.29 is 13.2 Å². The molecule has 1 aromatic rings. The summed E-state index contributed by atoms with van der Waals surface area (Å²) in [6.45, 7) is 2.86. The zero-order valence-corrected chi connectivity index (χ0v) is 15.8. The number of hydrogen-bond donors (Lipinski definition) is 3. The third-order valence-corrected chi connectivity index (χ3v) is 5.33. The highest BCUT2D eigenvalue weighted by molar-refractivity contribution is 7.89. The van der Waals surface area contributed by atoms with Crippen LogP contribution in [0.2, 0.25) is 0 Å². The van der Waals surface area contributed by atoms with E-state index >= 15 is 0 Å². The molecule has 7 nitrogen and oxygen atoms in total. The maximum absolute atomic E-state index is 12.0. The van der Waals surface area contributed by atoms with Gasteiger partial charge in [-0.25, -0.2) is 12.7 Å². The largest absolute Gasteiger partial charge is 0.361 e. The zero-order chi connectivity index (χ0) is 18.2. The van der Waals surface area contributed by atoms with Crippen LogP contribution in [0.3, 0.4) is 0 Å². The lowest BCUT2D eigenvalue weighted by Crippen LogP contribution is -2.46. The van der Waals surface area contributed by atoms with Crippen LogP contribution in [-0.2, 0) is 10.0 Å². The number of nitrogens with one attached hydrogen (secondary N) is 3. The summed E-state index contributed by atoms with van der Waals surface area (Å²) in [6, 6.07) is 5.69. The number of nitrogens with zero attached hydrogens (tertiary/aromatic N) is 1. The average molecular weight is 373 g/mol. The first-order chi connectivity index (χ1) is 11.3. The van der Waals surface area contributed by atoms with Crippen molar-refractivity contribution in [3.05, 3.63) is 29.8 Å². The molecule has 0 heterocycles. The lowest BCUT2D eigenvalue weighted by molar-refractivity contribution is 0.0943. The fourth-order valence-electron chi connectivity index (χ4n) is 1.80. The number of benzene rings is 1. The van der Waals surface area contributed by atoms with E-state index in [2.05, 4.69) is 23.1 Å². The molecule has 0 saturated heterocycles. The maximum atomic E-state index is 12.0. The monoisotopic (exact) mass is 372 g/mol. The van der Waals surface area contributed by atoms with Crippen LogP contribution >= 0.6 is 12.2 Å². The molecule has 0 radical (unpaired) electrons. The molecule has 0 aliphatic rings. The van der Waals surface area contributed by atoms with Gasteiger partial charge in [-0.2, -0.15) is 0 Å². The van der Waals surface area contributed by atoms with Gasteiger partial charge in [-0.15, -0.1) is 0 Å². The lowest BCUT2D eigenvalue weighted by Gasteiger charge is -2.13. The molecule has 24 heavy (non-hydrogen) atoms. The van der Waals surface area contributed by atoms with Gasteiger partial charge in [0.05, 0.1) is 4.90 Å². The minimum Gasteiger partial charge on any atom is -0.361 e. The highest BCUT2D eigenvalue weighted by Gasteiger charge is 2.17. The zero-order valence-electron chi connectivity index (χ0n) is 14.1. The van der Waals surface area contributed by atoms with Crippen LogP contribution in [0.4, 0.5) is 0 Å². The van der Waals surface area contributed by atoms with Crippen molar-refractivity contribution >= 4 is 33.3 Å². The first kappa shape index (κ1) is 20.3. The Labute approximate surface area is 148 Å². The van der Waals surface area contributed by atoms with Crippen molar-refractivity contribution in [2.75, 3.05) is 20.6 Å². The molecular formula is C15H24N4O3S2. The van der Waals surface area contributed by atoms with Gasteiger partial charge in [-0.1, -0.05) is 19.8 Å². The molecule has 0 bridgehead atoms. The number of amides is 1. The van der Waals surface area contributed by atoms with Gasteiger partial charge in [0.1, 0.15) is 0 Å². The molecule has 0 aliphatic carbocycles. The van der Waals surface area contributed by atoms with E-state index in [1.165, 1.54) is 38.4 Å². The summed E-state index contributed by atoms with van der Waals surface area (Å²) in [5, 5.41) is 3.33. The van der Waals surface area contributed by atoms with Crippen molar-refractivity contribution in [1.29, 1.82) is 0 Å². The molecule has 0 fully saturated rings. The van der Waals surface area contributed by atoms with E-state index in [1.54, 1.807) is 0 Å². The Morgan fingerprint density at radius 3 is 2.29 bits per heavy atom. The minimum absolute atomic E-state index is 0.130. The van der Waals surface area contributed by atoms with Crippen LogP contribution in [0.5, 0.6) is 0 Å². The predicted molar refractivity (Wildman–Crippen MR) is 98.0 cm³/mol. The van der Waals surface area contributed by atoms with Crippen LogP contribution in [0, 0.1) is 0 Å². The predicted octanol–water partition coefficient (Wildman–Crippen LogP) is 1.24. The van der Waals surface area contributed by atoms with Gasteiger partial charge in [0.25, 0.3) is 5.91 Å². The van der Waals surface area contributed by atoms with E-state index in [4.69, 9.17) is 12.2 Å². The van der Waals surface area contributed by atoms with Crippen LogP contribution < -0.4 is 16.2 Å². The Kier molecular flexibility index (Phi) is 8.09. The number of carbonyl (C=O) groups is 1. The summed E-state index contributed by atoms with van der Waals surface area (Å²) < 4.78 is 25.0. The van der Waals surface area contributed by atoms with Gasteiger partial charge in [0.15, 0.2) is 5.11 Å². The Morgan fingerprint density at radius 2 is 1.75 bits per heavy atom. The van der Waals surface area contributed by atoms with E-state index in [9.17, 15) is 13.2 Å². The van der Waals surface area contributed by atoms with E-state index in [-0.39, 0.29) is 4.90 Å². The fraction of sp³-hybridized carbons (Fsp3) is 0.467. The number of rotatable bonds is 7. The molecule has 1 aromatic carbocycles. The molecule has 134 valence electrons. The maximum Gasteiger partial charge on any atom is 0.269 e. The molecule has 0 aromatic heterocycles. The van der Waals surface area contributed by atoms with Gasteiger partial charge in [-0.3, -0.25) is 15.6 Å². The van der Waals surface area contributed by atoms with Gasteiger partial charge in [0, 0.05) is 26.2 Å². The number of hydrazine groups is 1. The Balaban J connectivity index is 2.53. The summed E-state index contributed by atoms with van der Waals surface area (Å²) in [5.74, 6) is -0.401. The third-order valence-electron chi connectivity index (χ3n) is 3.25. The first-order valence-electron chi connectivity index (χ1n) is 7.65. The number of thiocarbonyl (C=S) groups is 1. The number of carbonyl (C=O) groups excluding carboxylic acids is 1. The third kappa shape index (κ3) is 6.06. The van der Waals surface area contributed by atoms with Crippen molar-refractivity contribution in [3.8, 4) is 0 Å². The normalized spacial score (nSPS) is 11.2. The quantitative estimate of drug-likeness (QED) is 0.379. The van der Waals surface area contributed by atoms with E-state index in [0.717, 1.165) is 30.1 Å². The summed E-state index contributed by atoms with van der Waals surface area (Å²) in [6.07, 6.45) is 3.25. The Morgan fingerprint density at radius 1 is 1.12 bits per heavy atom. The standard InChI is InChI=1S/C15H24N4O3S2/c1-4-5-6-11-16-15(23)18-17-14(20)12-7-9-13(10-8-12)24(21,22)19(2)3/h7-10H,4-6,11H2,1-3H3,(H,17,20)(H2,16,18,23). The minimum atomic E-state index is -3.50. The smallest absolute Gasteiger partial charge is 0.269 e. The Bertz CT molecular complexity index is 658. The van der Waals surface area contributed by atoms with Crippen molar-refractivity contribution in [2.24, 2.45) is 0 Å². The van der Waals surface area contributed by atoms with E-state index < -0.39 is 15.9 Å². The van der Waals surface area contributed by atoms with Crippen LogP contribution in [0.1, 0.15) is 36.5 Å². The van der Waals surface area contributed by atoms with Gasteiger partial charge < -0.3 is 5.32 Å². The highest BCUT2D eigenvalue weighted by Crippen LogP contribution is 2.13. The topological polar surface area (TPSA) is 90.5 Å². The molecule has 1 amide bonds.